The molecule has 2 aromatic rings. The van der Waals surface area contributed by atoms with Gasteiger partial charge in [-0.3, -0.25) is 14.4 Å². The molecule has 0 unspecified atom stereocenters. The van der Waals surface area contributed by atoms with Gasteiger partial charge in [-0.2, -0.15) is 0 Å². The lowest BCUT2D eigenvalue weighted by Gasteiger charge is -2.20. The number of carbonyl (C=O) groups excluding carboxylic acids is 2. The van der Waals surface area contributed by atoms with Gasteiger partial charge in [0.15, 0.2) is 0 Å². The van der Waals surface area contributed by atoms with Gasteiger partial charge < -0.3 is 15.3 Å². The zero-order chi connectivity index (χ0) is 18.9. The van der Waals surface area contributed by atoms with Gasteiger partial charge in [-0.25, -0.2) is 0 Å². The average Bonchev–Trinajstić information content (AvgIpc) is 2.60. The van der Waals surface area contributed by atoms with Crippen LogP contribution in [-0.2, 0) is 27.2 Å². The standard InChI is InChI=1S/C20H22N2O4/c1-15(23)22(12-11-16-5-3-2-4-6-16)14-19(24)21-18-9-7-17(8-10-18)13-20(25)26/h2-10H,11-14H2,1H3,(H,21,24)(H,25,26). The average molecular weight is 354 g/mol. The van der Waals surface area contributed by atoms with Crippen molar-refractivity contribution in [2.45, 2.75) is 19.8 Å². The minimum absolute atomic E-state index is 0.0287. The lowest BCUT2D eigenvalue weighted by atomic mass is 10.1. The molecule has 136 valence electrons. The van der Waals surface area contributed by atoms with E-state index in [0.29, 0.717) is 24.2 Å². The summed E-state index contributed by atoms with van der Waals surface area (Å²) >= 11 is 0. The van der Waals surface area contributed by atoms with Gasteiger partial charge in [0.1, 0.15) is 0 Å². The number of amides is 2. The molecule has 0 saturated carbocycles. The van der Waals surface area contributed by atoms with Gasteiger partial charge in [-0.05, 0) is 29.7 Å². The van der Waals surface area contributed by atoms with Crippen LogP contribution in [0.3, 0.4) is 0 Å². The molecular formula is C20H22N2O4. The van der Waals surface area contributed by atoms with E-state index in [0.717, 1.165) is 5.56 Å². The smallest absolute Gasteiger partial charge is 0.307 e. The summed E-state index contributed by atoms with van der Waals surface area (Å²) in [7, 11) is 0. The first-order valence-electron chi connectivity index (χ1n) is 8.34. The maximum Gasteiger partial charge on any atom is 0.307 e. The maximum absolute atomic E-state index is 12.2. The summed E-state index contributed by atoms with van der Waals surface area (Å²) in [6.07, 6.45) is 0.614. The van der Waals surface area contributed by atoms with Gasteiger partial charge >= 0.3 is 5.97 Å². The Bertz CT molecular complexity index is 757. The van der Waals surface area contributed by atoms with Gasteiger partial charge in [0.2, 0.25) is 11.8 Å². The monoisotopic (exact) mass is 354 g/mol. The summed E-state index contributed by atoms with van der Waals surface area (Å²) in [5, 5.41) is 11.5. The van der Waals surface area contributed by atoms with Crippen LogP contribution in [0.5, 0.6) is 0 Å². The summed E-state index contributed by atoms with van der Waals surface area (Å²) in [4.78, 5) is 36.2. The first kappa shape index (κ1) is 19.2. The van der Waals surface area contributed by atoms with E-state index in [9.17, 15) is 14.4 Å². The normalized spacial score (nSPS) is 10.2. The van der Waals surface area contributed by atoms with Crippen molar-refractivity contribution in [3.05, 3.63) is 65.7 Å². The summed E-state index contributed by atoms with van der Waals surface area (Å²) in [6.45, 7) is 1.88. The molecule has 2 rings (SSSR count). The van der Waals surface area contributed by atoms with Crippen molar-refractivity contribution >= 4 is 23.5 Å². The second-order valence-corrected chi connectivity index (χ2v) is 5.99. The summed E-state index contributed by atoms with van der Waals surface area (Å²) in [5.74, 6) is -1.36. The molecule has 0 aliphatic carbocycles. The number of hydrogen-bond acceptors (Lipinski definition) is 3. The highest BCUT2D eigenvalue weighted by atomic mass is 16.4. The van der Waals surface area contributed by atoms with Crippen molar-refractivity contribution in [1.29, 1.82) is 0 Å². The molecular weight excluding hydrogens is 332 g/mol. The van der Waals surface area contributed by atoms with Gasteiger partial charge in [0, 0.05) is 19.2 Å². The van der Waals surface area contributed by atoms with E-state index in [1.54, 1.807) is 24.3 Å². The first-order chi connectivity index (χ1) is 12.4. The fourth-order valence-electron chi connectivity index (χ4n) is 2.51. The highest BCUT2D eigenvalue weighted by Crippen LogP contribution is 2.10. The lowest BCUT2D eigenvalue weighted by Crippen LogP contribution is -2.38. The summed E-state index contributed by atoms with van der Waals surface area (Å²) < 4.78 is 0. The minimum atomic E-state index is -0.905. The Morgan fingerprint density at radius 2 is 1.62 bits per heavy atom. The van der Waals surface area contributed by atoms with Crippen LogP contribution in [0.25, 0.3) is 0 Å². The van der Waals surface area contributed by atoms with E-state index in [1.807, 2.05) is 30.3 Å². The molecule has 0 aromatic heterocycles. The van der Waals surface area contributed by atoms with E-state index in [4.69, 9.17) is 5.11 Å². The Balaban J connectivity index is 1.88. The van der Waals surface area contributed by atoms with Crippen molar-refractivity contribution in [1.82, 2.24) is 4.90 Å². The van der Waals surface area contributed by atoms with Gasteiger partial charge in [-0.1, -0.05) is 42.5 Å². The fraction of sp³-hybridized carbons (Fsp3) is 0.250. The Hall–Kier alpha value is -3.15. The highest BCUT2D eigenvalue weighted by molar-refractivity contribution is 5.94. The molecule has 6 nitrogen and oxygen atoms in total. The zero-order valence-electron chi connectivity index (χ0n) is 14.6. The molecule has 2 N–H and O–H groups in total. The summed E-state index contributed by atoms with van der Waals surface area (Å²) in [5.41, 5.74) is 2.33. The van der Waals surface area contributed by atoms with Crippen LogP contribution >= 0.6 is 0 Å². The molecule has 0 atom stereocenters. The number of aliphatic carboxylic acids is 1. The van der Waals surface area contributed by atoms with E-state index in [1.165, 1.54) is 11.8 Å². The van der Waals surface area contributed by atoms with Crippen LogP contribution in [0.2, 0.25) is 0 Å². The van der Waals surface area contributed by atoms with E-state index in [2.05, 4.69) is 5.32 Å². The Morgan fingerprint density at radius 3 is 2.19 bits per heavy atom. The molecule has 0 bridgehead atoms. The maximum atomic E-state index is 12.2. The minimum Gasteiger partial charge on any atom is -0.481 e. The Labute approximate surface area is 152 Å². The second kappa shape index (κ2) is 9.36. The van der Waals surface area contributed by atoms with Crippen molar-refractivity contribution in [2.24, 2.45) is 0 Å². The number of benzene rings is 2. The molecule has 0 heterocycles. The van der Waals surface area contributed by atoms with Crippen LogP contribution < -0.4 is 5.32 Å². The largest absolute Gasteiger partial charge is 0.481 e. The SMILES string of the molecule is CC(=O)N(CCc1ccccc1)CC(=O)Nc1ccc(CC(=O)O)cc1. The molecule has 0 radical (unpaired) electrons. The number of nitrogens with zero attached hydrogens (tertiary/aromatic N) is 1. The number of hydrogen-bond donors (Lipinski definition) is 2. The summed E-state index contributed by atoms with van der Waals surface area (Å²) in [6, 6.07) is 16.4. The number of anilines is 1. The third kappa shape index (κ3) is 6.39. The van der Waals surface area contributed by atoms with E-state index < -0.39 is 5.97 Å². The van der Waals surface area contributed by atoms with Gasteiger partial charge in [0.05, 0.1) is 13.0 Å². The van der Waals surface area contributed by atoms with E-state index in [-0.39, 0.29) is 24.8 Å². The quantitative estimate of drug-likeness (QED) is 0.762. The molecule has 2 amide bonds. The van der Waals surface area contributed by atoms with Gasteiger partial charge in [0.25, 0.3) is 0 Å². The molecule has 0 aliphatic heterocycles. The third-order valence-electron chi connectivity index (χ3n) is 3.89. The number of carbonyl (C=O) groups is 3. The van der Waals surface area contributed by atoms with Crippen molar-refractivity contribution in [3.63, 3.8) is 0 Å². The first-order valence-corrected chi connectivity index (χ1v) is 8.34. The molecule has 0 aliphatic rings. The molecule has 0 fully saturated rings. The topological polar surface area (TPSA) is 86.7 Å². The Kier molecular flexibility index (Phi) is 6.91. The van der Waals surface area contributed by atoms with Crippen LogP contribution in [0.15, 0.2) is 54.6 Å². The molecule has 2 aromatic carbocycles. The molecule has 6 heteroatoms. The molecule has 0 spiro atoms. The highest BCUT2D eigenvalue weighted by Gasteiger charge is 2.14. The van der Waals surface area contributed by atoms with Crippen LogP contribution in [0, 0.1) is 0 Å². The predicted molar refractivity (Wildman–Crippen MR) is 98.8 cm³/mol. The number of nitrogens with one attached hydrogen (secondary N) is 1. The van der Waals surface area contributed by atoms with Crippen molar-refractivity contribution in [3.8, 4) is 0 Å². The third-order valence-corrected chi connectivity index (χ3v) is 3.89. The molecule has 26 heavy (non-hydrogen) atoms. The van der Waals surface area contributed by atoms with Crippen LogP contribution in [0.1, 0.15) is 18.1 Å². The Morgan fingerprint density at radius 1 is 0.962 bits per heavy atom. The number of carboxylic acids is 1. The van der Waals surface area contributed by atoms with Gasteiger partial charge in [-0.15, -0.1) is 0 Å². The van der Waals surface area contributed by atoms with E-state index >= 15 is 0 Å². The predicted octanol–water partition coefficient (Wildman–Crippen LogP) is 2.34. The molecule has 0 saturated heterocycles. The van der Waals surface area contributed by atoms with Crippen molar-refractivity contribution < 1.29 is 19.5 Å². The van der Waals surface area contributed by atoms with Crippen LogP contribution in [-0.4, -0.2) is 40.9 Å². The number of carboxylic acid groups (broad SMARTS) is 1. The van der Waals surface area contributed by atoms with Crippen molar-refractivity contribution in [2.75, 3.05) is 18.4 Å². The second-order valence-electron chi connectivity index (χ2n) is 5.99. The lowest BCUT2D eigenvalue weighted by molar-refractivity contribution is -0.136. The van der Waals surface area contributed by atoms with Crippen LogP contribution in [0.4, 0.5) is 5.69 Å². The zero-order valence-corrected chi connectivity index (χ0v) is 14.6. The fourth-order valence-corrected chi connectivity index (χ4v) is 2.51. The number of rotatable bonds is 8.